The summed E-state index contributed by atoms with van der Waals surface area (Å²) in [7, 11) is -1.06. The maximum absolute atomic E-state index is 12.8. The van der Waals surface area contributed by atoms with Crippen LogP contribution in [0.15, 0.2) is 33.6 Å². The molecule has 2 aliphatic heterocycles. The van der Waals surface area contributed by atoms with Crippen LogP contribution in [0.3, 0.4) is 0 Å². The van der Waals surface area contributed by atoms with Crippen molar-refractivity contribution in [2.24, 2.45) is 0 Å². The molecular weight excluding hydrogens is 440 g/mol. The topological polar surface area (TPSA) is 106 Å². The standard InChI is InChI=1S/C23H26N6O3S/c1-15-27-28-22(32-15)17-4-2-16(3-5-17)20-24-18-6-13-33(30)19(18)21(25-20)26-23(7-8-23)14-29-9-11-31-12-10-29/h2-5H,6-14H2,1H3,(H,24,25,26)/t33-/m1/s1. The molecule has 33 heavy (non-hydrogen) atoms. The molecule has 3 aromatic rings. The van der Waals surface area contributed by atoms with Crippen molar-refractivity contribution in [2.75, 3.05) is 43.9 Å². The van der Waals surface area contributed by atoms with Gasteiger partial charge in [0, 0.05) is 49.9 Å². The highest BCUT2D eigenvalue weighted by Gasteiger charge is 2.45. The van der Waals surface area contributed by atoms with Gasteiger partial charge in [-0.1, -0.05) is 12.1 Å². The van der Waals surface area contributed by atoms with E-state index in [1.165, 1.54) is 0 Å². The minimum atomic E-state index is -1.06. The predicted molar refractivity (Wildman–Crippen MR) is 123 cm³/mol. The summed E-state index contributed by atoms with van der Waals surface area (Å²) in [6, 6.07) is 7.80. The van der Waals surface area contributed by atoms with Gasteiger partial charge in [0.1, 0.15) is 10.7 Å². The summed E-state index contributed by atoms with van der Waals surface area (Å²) in [6.07, 6.45) is 2.88. The van der Waals surface area contributed by atoms with Crippen LogP contribution in [0.2, 0.25) is 0 Å². The molecule has 2 fully saturated rings. The number of nitrogens with one attached hydrogen (secondary N) is 1. The first-order valence-electron chi connectivity index (χ1n) is 11.4. The number of fused-ring (bicyclic) bond motifs is 1. The number of rotatable bonds is 6. The maximum atomic E-state index is 12.8. The molecule has 0 bridgehead atoms. The predicted octanol–water partition coefficient (Wildman–Crippen LogP) is 2.44. The molecule has 9 nitrogen and oxygen atoms in total. The Morgan fingerprint density at radius 2 is 1.85 bits per heavy atom. The summed E-state index contributed by atoms with van der Waals surface area (Å²) in [5.41, 5.74) is 2.63. The summed E-state index contributed by atoms with van der Waals surface area (Å²) < 4.78 is 23.8. The van der Waals surface area contributed by atoms with E-state index in [4.69, 9.17) is 19.1 Å². The van der Waals surface area contributed by atoms with E-state index >= 15 is 0 Å². The average molecular weight is 467 g/mol. The fourth-order valence-corrected chi connectivity index (χ4v) is 5.80. The van der Waals surface area contributed by atoms with Gasteiger partial charge in [-0.25, -0.2) is 9.97 Å². The molecule has 2 aromatic heterocycles. The number of anilines is 1. The van der Waals surface area contributed by atoms with Gasteiger partial charge in [0.2, 0.25) is 11.8 Å². The first-order valence-corrected chi connectivity index (χ1v) is 12.7. The maximum Gasteiger partial charge on any atom is 0.247 e. The van der Waals surface area contributed by atoms with Crippen molar-refractivity contribution in [3.05, 3.63) is 35.9 Å². The summed E-state index contributed by atoms with van der Waals surface area (Å²) in [5, 5.41) is 11.7. The molecule has 1 atom stereocenters. The molecule has 4 heterocycles. The molecule has 172 valence electrons. The monoisotopic (exact) mass is 466 g/mol. The van der Waals surface area contributed by atoms with Crippen molar-refractivity contribution in [3.8, 4) is 22.8 Å². The Kier molecular flexibility index (Phi) is 5.23. The van der Waals surface area contributed by atoms with Crippen LogP contribution in [0, 0.1) is 6.92 Å². The van der Waals surface area contributed by atoms with Gasteiger partial charge in [-0.3, -0.25) is 9.11 Å². The minimum Gasteiger partial charge on any atom is -0.421 e. The summed E-state index contributed by atoms with van der Waals surface area (Å²) >= 11 is 0. The van der Waals surface area contributed by atoms with E-state index in [-0.39, 0.29) is 5.54 Å². The molecule has 1 aliphatic carbocycles. The van der Waals surface area contributed by atoms with Gasteiger partial charge in [-0.05, 0) is 25.0 Å². The quantitative estimate of drug-likeness (QED) is 0.586. The van der Waals surface area contributed by atoms with Gasteiger partial charge in [0.25, 0.3) is 0 Å². The van der Waals surface area contributed by atoms with Gasteiger partial charge in [-0.2, -0.15) is 0 Å². The van der Waals surface area contributed by atoms with Crippen molar-refractivity contribution in [1.29, 1.82) is 0 Å². The van der Waals surface area contributed by atoms with Crippen LogP contribution in [-0.2, 0) is 22.0 Å². The molecule has 1 saturated carbocycles. The van der Waals surface area contributed by atoms with Crippen molar-refractivity contribution < 1.29 is 13.4 Å². The molecule has 3 aliphatic rings. The lowest BCUT2D eigenvalue weighted by Gasteiger charge is -2.31. The Morgan fingerprint density at radius 3 is 2.55 bits per heavy atom. The summed E-state index contributed by atoms with van der Waals surface area (Å²) in [5.74, 6) is 3.00. The lowest BCUT2D eigenvalue weighted by Crippen LogP contribution is -2.44. The molecule has 1 N–H and O–H groups in total. The van der Waals surface area contributed by atoms with E-state index in [0.29, 0.717) is 29.8 Å². The molecule has 0 unspecified atom stereocenters. The fraction of sp³-hybridized carbons (Fsp3) is 0.478. The Bertz CT molecular complexity index is 1200. The van der Waals surface area contributed by atoms with Crippen LogP contribution in [0.1, 0.15) is 24.4 Å². The third-order valence-corrected chi connectivity index (χ3v) is 7.93. The zero-order valence-electron chi connectivity index (χ0n) is 18.5. The van der Waals surface area contributed by atoms with Crippen LogP contribution >= 0.6 is 0 Å². The smallest absolute Gasteiger partial charge is 0.247 e. The molecule has 10 heteroatoms. The Hall–Kier alpha value is -2.69. The van der Waals surface area contributed by atoms with Gasteiger partial charge in [0.05, 0.1) is 35.2 Å². The van der Waals surface area contributed by atoms with Crippen molar-refractivity contribution in [2.45, 2.75) is 36.6 Å². The third-order valence-electron chi connectivity index (χ3n) is 6.47. The van der Waals surface area contributed by atoms with Crippen molar-refractivity contribution in [1.82, 2.24) is 25.1 Å². The third kappa shape index (κ3) is 4.18. The van der Waals surface area contributed by atoms with Crippen LogP contribution < -0.4 is 5.32 Å². The largest absolute Gasteiger partial charge is 0.421 e. The van der Waals surface area contributed by atoms with Gasteiger partial charge < -0.3 is 14.5 Å². The number of ether oxygens (including phenoxy) is 1. The summed E-state index contributed by atoms with van der Waals surface area (Å²) in [6.45, 7) is 6.20. The lowest BCUT2D eigenvalue weighted by molar-refractivity contribution is 0.0350. The van der Waals surface area contributed by atoms with Gasteiger partial charge in [-0.15, -0.1) is 10.2 Å². The number of nitrogens with zero attached hydrogens (tertiary/aromatic N) is 5. The lowest BCUT2D eigenvalue weighted by atomic mass is 10.1. The zero-order valence-corrected chi connectivity index (χ0v) is 19.4. The zero-order chi connectivity index (χ0) is 22.4. The highest BCUT2D eigenvalue weighted by atomic mass is 32.2. The summed E-state index contributed by atoms with van der Waals surface area (Å²) in [4.78, 5) is 12.9. The second-order valence-corrected chi connectivity index (χ2v) is 10.5. The van der Waals surface area contributed by atoms with Crippen LogP contribution in [0.4, 0.5) is 5.82 Å². The molecule has 6 rings (SSSR count). The second-order valence-electron chi connectivity index (χ2n) is 8.97. The highest BCUT2D eigenvalue weighted by Crippen LogP contribution is 2.42. The van der Waals surface area contributed by atoms with Gasteiger partial charge >= 0.3 is 0 Å². The Morgan fingerprint density at radius 1 is 1.09 bits per heavy atom. The van der Waals surface area contributed by atoms with E-state index in [1.807, 2.05) is 24.3 Å². The average Bonchev–Trinajstić information content (AvgIpc) is 3.25. The number of aromatic nitrogens is 4. The minimum absolute atomic E-state index is 0.0107. The van der Waals surface area contributed by atoms with Crippen molar-refractivity contribution >= 4 is 16.6 Å². The van der Waals surface area contributed by atoms with E-state index in [9.17, 15) is 4.21 Å². The number of morpholine rings is 1. The molecule has 1 saturated heterocycles. The number of aryl methyl sites for hydroxylation is 2. The fourth-order valence-electron chi connectivity index (χ4n) is 4.50. The number of hydrogen-bond donors (Lipinski definition) is 1. The molecule has 0 spiro atoms. The number of hydrogen-bond acceptors (Lipinski definition) is 9. The highest BCUT2D eigenvalue weighted by molar-refractivity contribution is 7.85. The van der Waals surface area contributed by atoms with Crippen LogP contribution in [0.5, 0.6) is 0 Å². The molecule has 1 aromatic carbocycles. The van der Waals surface area contributed by atoms with E-state index in [1.54, 1.807) is 6.92 Å². The normalized spacial score (nSPS) is 21.7. The Balaban J connectivity index is 1.30. The van der Waals surface area contributed by atoms with Crippen LogP contribution in [0.25, 0.3) is 22.8 Å². The van der Waals surface area contributed by atoms with Gasteiger partial charge in [0.15, 0.2) is 5.82 Å². The first kappa shape index (κ1) is 20.9. The van der Waals surface area contributed by atoms with E-state index in [0.717, 1.165) is 73.2 Å². The molecular formula is C23H26N6O3S. The van der Waals surface area contributed by atoms with E-state index < -0.39 is 10.8 Å². The second kappa shape index (κ2) is 8.27. The van der Waals surface area contributed by atoms with Crippen molar-refractivity contribution in [3.63, 3.8) is 0 Å². The van der Waals surface area contributed by atoms with Crippen LogP contribution in [-0.4, -0.2) is 73.4 Å². The molecule has 0 radical (unpaired) electrons. The molecule has 0 amide bonds. The Labute approximate surface area is 194 Å². The first-order chi connectivity index (χ1) is 16.1. The SMILES string of the molecule is Cc1nnc(-c2ccc(-c3nc4c(c(NC5(CN6CCOCC6)CC5)n3)[S@](=O)CC4)cc2)o1. The number of benzene rings is 1. The van der Waals surface area contributed by atoms with E-state index in [2.05, 4.69) is 20.4 Å².